The van der Waals surface area contributed by atoms with Gasteiger partial charge in [0.15, 0.2) is 12.2 Å². The van der Waals surface area contributed by atoms with Crippen LogP contribution in [0.5, 0.6) is 0 Å². The van der Waals surface area contributed by atoms with Crippen LogP contribution >= 0.6 is 0 Å². The fraction of sp³-hybridized carbons (Fsp3) is 0.500. The molecule has 0 aliphatic rings. The average molecular weight is 362 g/mol. The first-order valence-corrected chi connectivity index (χ1v) is 2.28. The standard InChI is InChI=1S/C4H6O6.Bi.3H/c5-1(3(7)8)2(6)4(9)10;;;;/h1-2,5-6H,(H,7,8)(H,9,10);;;;. The summed E-state index contributed by atoms with van der Waals surface area (Å²) < 4.78 is 0. The van der Waals surface area contributed by atoms with Crippen molar-refractivity contribution in [2.75, 3.05) is 0 Å². The molecule has 0 aliphatic carbocycles. The Hall–Kier alpha value is -0.257. The van der Waals surface area contributed by atoms with Crippen LogP contribution in [0, 0.1) is 0 Å². The molecule has 0 rings (SSSR count). The van der Waals surface area contributed by atoms with E-state index < -0.39 is 24.1 Å². The molecule has 6 nitrogen and oxygen atoms in total. The van der Waals surface area contributed by atoms with Crippen LogP contribution in [0.15, 0.2) is 0 Å². The summed E-state index contributed by atoms with van der Waals surface area (Å²) in [5.41, 5.74) is 0. The fourth-order valence-corrected chi connectivity index (χ4v) is 0.270. The fourth-order valence-electron chi connectivity index (χ4n) is 0.270. The molecule has 11 heavy (non-hydrogen) atoms. The molecule has 0 fully saturated rings. The van der Waals surface area contributed by atoms with Crippen molar-refractivity contribution in [2.45, 2.75) is 12.2 Å². The molecular weight excluding hydrogens is 353 g/mol. The topological polar surface area (TPSA) is 115 Å². The molecule has 0 aliphatic heterocycles. The van der Waals surface area contributed by atoms with E-state index in [1.807, 2.05) is 0 Å². The van der Waals surface area contributed by atoms with E-state index in [-0.39, 0.29) is 26.2 Å². The van der Waals surface area contributed by atoms with Gasteiger partial charge in [-0.15, -0.1) is 0 Å². The normalized spacial score (nSPS) is 14.4. The molecule has 0 spiro atoms. The van der Waals surface area contributed by atoms with Crippen LogP contribution in [0.4, 0.5) is 0 Å². The van der Waals surface area contributed by atoms with Crippen LogP contribution < -0.4 is 0 Å². The van der Waals surface area contributed by atoms with Gasteiger partial charge < -0.3 is 20.4 Å². The van der Waals surface area contributed by atoms with Crippen LogP contribution in [-0.4, -0.2) is 70.8 Å². The van der Waals surface area contributed by atoms with Crippen molar-refractivity contribution in [3.8, 4) is 0 Å². The quantitative estimate of drug-likeness (QED) is 0.391. The van der Waals surface area contributed by atoms with Crippen molar-refractivity contribution in [3.63, 3.8) is 0 Å². The third-order valence-corrected chi connectivity index (χ3v) is 0.805. The molecule has 2 atom stereocenters. The second-order valence-corrected chi connectivity index (χ2v) is 1.57. The maximum atomic E-state index is 9.77. The number of aliphatic hydroxyl groups excluding tert-OH is 2. The Bertz CT molecular complexity index is 139. The number of rotatable bonds is 3. The number of aliphatic hydroxyl groups is 2. The van der Waals surface area contributed by atoms with E-state index in [0.29, 0.717) is 0 Å². The predicted octanol–water partition coefficient (Wildman–Crippen LogP) is -3.31. The summed E-state index contributed by atoms with van der Waals surface area (Å²) in [5.74, 6) is -3.54. The molecular formula is C4H9BiO6. The molecule has 7 heteroatoms. The van der Waals surface area contributed by atoms with Crippen LogP contribution in [0.2, 0.25) is 0 Å². The van der Waals surface area contributed by atoms with E-state index in [9.17, 15) is 9.59 Å². The molecule has 66 valence electrons. The van der Waals surface area contributed by atoms with Gasteiger partial charge >= 0.3 is 38.1 Å². The van der Waals surface area contributed by atoms with E-state index in [1.165, 1.54) is 0 Å². The van der Waals surface area contributed by atoms with Crippen LogP contribution in [0.25, 0.3) is 0 Å². The number of carboxylic acid groups (broad SMARTS) is 2. The van der Waals surface area contributed by atoms with Gasteiger partial charge in [0.05, 0.1) is 0 Å². The van der Waals surface area contributed by atoms with Gasteiger partial charge in [-0.05, 0) is 0 Å². The predicted molar refractivity (Wildman–Crippen MR) is 37.2 cm³/mol. The zero-order valence-corrected chi connectivity index (χ0v) is 11.0. The van der Waals surface area contributed by atoms with Gasteiger partial charge in [-0.3, -0.25) is 0 Å². The number of aliphatic carboxylic acids is 2. The van der Waals surface area contributed by atoms with E-state index in [2.05, 4.69) is 0 Å². The summed E-state index contributed by atoms with van der Waals surface area (Å²) in [7, 11) is 0. The summed E-state index contributed by atoms with van der Waals surface area (Å²) in [4.78, 5) is 19.5. The van der Waals surface area contributed by atoms with E-state index in [4.69, 9.17) is 20.4 Å². The Balaban J connectivity index is 0. The van der Waals surface area contributed by atoms with Crippen molar-refractivity contribution in [2.24, 2.45) is 0 Å². The van der Waals surface area contributed by atoms with Gasteiger partial charge in [-0.2, -0.15) is 0 Å². The molecule has 4 N–H and O–H groups in total. The monoisotopic (exact) mass is 362 g/mol. The van der Waals surface area contributed by atoms with Gasteiger partial charge in [-0.25, -0.2) is 9.59 Å². The first-order chi connectivity index (χ1) is 4.46. The summed E-state index contributed by atoms with van der Waals surface area (Å²) in [6, 6.07) is 0. The average Bonchev–Trinajstić information content (AvgIpc) is 1.84. The molecule has 0 saturated carbocycles. The summed E-state index contributed by atoms with van der Waals surface area (Å²) >= 11 is 0. The maximum absolute atomic E-state index is 9.77. The molecule has 0 saturated heterocycles. The third kappa shape index (κ3) is 4.24. The van der Waals surface area contributed by atoms with Gasteiger partial charge in [0.2, 0.25) is 0 Å². The Kier molecular flexibility index (Phi) is 6.55. The number of carboxylic acids is 2. The molecule has 0 radical (unpaired) electrons. The third-order valence-electron chi connectivity index (χ3n) is 0.805. The first-order valence-electron chi connectivity index (χ1n) is 2.28. The molecule has 0 heterocycles. The molecule has 0 bridgehead atoms. The first kappa shape index (κ1) is 13.3. The minimum absolute atomic E-state index is 0. The van der Waals surface area contributed by atoms with Gasteiger partial charge in [0.25, 0.3) is 0 Å². The van der Waals surface area contributed by atoms with Gasteiger partial charge in [-0.1, -0.05) is 0 Å². The zero-order valence-electron chi connectivity index (χ0n) is 5.47. The minimum atomic E-state index is -2.27. The summed E-state index contributed by atoms with van der Waals surface area (Å²) in [5, 5.41) is 32.5. The molecule has 0 aromatic carbocycles. The Morgan fingerprint density at radius 1 is 0.909 bits per heavy atom. The summed E-state index contributed by atoms with van der Waals surface area (Å²) in [6.45, 7) is 0. The SMILES string of the molecule is O=C(O)C(O)C(O)C(=O)O.[BiH3]. The Morgan fingerprint density at radius 3 is 1.18 bits per heavy atom. The van der Waals surface area contributed by atoms with Crippen molar-refractivity contribution in [1.29, 1.82) is 0 Å². The number of hydrogen-bond acceptors (Lipinski definition) is 4. The molecule has 0 amide bonds. The zero-order chi connectivity index (χ0) is 8.31. The second kappa shape index (κ2) is 5.40. The Morgan fingerprint density at radius 2 is 1.09 bits per heavy atom. The van der Waals surface area contributed by atoms with Gasteiger partial charge in [0.1, 0.15) is 0 Å². The van der Waals surface area contributed by atoms with Crippen LogP contribution in [0.3, 0.4) is 0 Å². The van der Waals surface area contributed by atoms with Crippen LogP contribution in [0.1, 0.15) is 0 Å². The van der Waals surface area contributed by atoms with Crippen molar-refractivity contribution >= 4 is 38.1 Å². The van der Waals surface area contributed by atoms with Crippen molar-refractivity contribution in [3.05, 3.63) is 0 Å². The Labute approximate surface area is 80.6 Å². The van der Waals surface area contributed by atoms with Crippen molar-refractivity contribution < 1.29 is 30.0 Å². The number of carbonyl (C=O) groups is 2. The van der Waals surface area contributed by atoms with E-state index in [0.717, 1.165) is 0 Å². The molecule has 0 aromatic rings. The van der Waals surface area contributed by atoms with Crippen LogP contribution in [-0.2, 0) is 9.59 Å². The second-order valence-electron chi connectivity index (χ2n) is 1.57. The summed E-state index contributed by atoms with van der Waals surface area (Å²) in [6.07, 6.45) is -4.53. The van der Waals surface area contributed by atoms with E-state index in [1.54, 1.807) is 0 Å². The van der Waals surface area contributed by atoms with Crippen molar-refractivity contribution in [1.82, 2.24) is 0 Å². The van der Waals surface area contributed by atoms with Gasteiger partial charge in [0, 0.05) is 0 Å². The number of hydrogen-bond donors (Lipinski definition) is 4. The molecule has 2 unspecified atom stereocenters. The van der Waals surface area contributed by atoms with E-state index >= 15 is 0 Å². The molecule has 0 aromatic heterocycles.